The van der Waals surface area contributed by atoms with Gasteiger partial charge < -0.3 is 4.90 Å². The number of carbonyl (C=O) groups is 1. The quantitative estimate of drug-likeness (QED) is 0.710. The second-order valence-electron chi connectivity index (χ2n) is 6.19. The van der Waals surface area contributed by atoms with E-state index in [-0.39, 0.29) is 5.91 Å². The van der Waals surface area contributed by atoms with E-state index >= 15 is 0 Å². The van der Waals surface area contributed by atoms with Gasteiger partial charge in [-0.25, -0.2) is 14.6 Å². The van der Waals surface area contributed by atoms with Crippen molar-refractivity contribution in [3.05, 3.63) is 66.9 Å². The molecule has 1 aliphatic rings. The fraction of sp³-hybridized carbons (Fsp3) is 0.263. The fourth-order valence-electron chi connectivity index (χ4n) is 3.12. The van der Waals surface area contributed by atoms with Gasteiger partial charge in [-0.15, -0.1) is 0 Å². The van der Waals surface area contributed by atoms with E-state index in [9.17, 15) is 4.79 Å². The summed E-state index contributed by atoms with van der Waals surface area (Å²) in [5.41, 5.74) is 0.731. The highest BCUT2D eigenvalue weighted by molar-refractivity contribution is 7.99. The SMILES string of the molecule is O=C(c1ccc(Sc2ccccn2)cc1)N1CCC(n2cncn2)CC1. The largest absolute Gasteiger partial charge is 0.338 e. The van der Waals surface area contributed by atoms with Crippen LogP contribution in [-0.4, -0.2) is 43.6 Å². The molecule has 6 nitrogen and oxygen atoms in total. The molecule has 0 saturated carbocycles. The second-order valence-corrected chi connectivity index (χ2v) is 7.29. The lowest BCUT2D eigenvalue weighted by Gasteiger charge is -2.32. The number of hydrogen-bond acceptors (Lipinski definition) is 5. The minimum atomic E-state index is 0.0939. The molecule has 4 rings (SSSR count). The van der Waals surface area contributed by atoms with Crippen LogP contribution < -0.4 is 0 Å². The number of hydrogen-bond donors (Lipinski definition) is 0. The maximum atomic E-state index is 12.7. The summed E-state index contributed by atoms with van der Waals surface area (Å²) >= 11 is 1.59. The molecule has 0 bridgehead atoms. The molecule has 0 aliphatic carbocycles. The molecule has 1 fully saturated rings. The van der Waals surface area contributed by atoms with Gasteiger partial charge in [-0.1, -0.05) is 17.8 Å². The van der Waals surface area contributed by atoms with Crippen LogP contribution in [0.25, 0.3) is 0 Å². The molecule has 132 valence electrons. The second kappa shape index (κ2) is 7.70. The van der Waals surface area contributed by atoms with Gasteiger partial charge in [0.1, 0.15) is 17.7 Å². The van der Waals surface area contributed by atoms with Gasteiger partial charge in [0.2, 0.25) is 0 Å². The molecule has 0 unspecified atom stereocenters. The highest BCUT2D eigenvalue weighted by Gasteiger charge is 2.24. The average molecular weight is 365 g/mol. The first-order chi connectivity index (χ1) is 12.8. The van der Waals surface area contributed by atoms with Gasteiger partial charge in [-0.05, 0) is 49.2 Å². The average Bonchev–Trinajstić information content (AvgIpc) is 3.24. The molecule has 1 saturated heterocycles. The molecule has 1 amide bonds. The number of piperidine rings is 1. The first-order valence-corrected chi connectivity index (χ1v) is 9.43. The van der Waals surface area contributed by atoms with Gasteiger partial charge >= 0.3 is 0 Å². The molecular formula is C19H19N5OS. The van der Waals surface area contributed by atoms with Crippen LogP contribution in [0.4, 0.5) is 0 Å². The third-order valence-corrected chi connectivity index (χ3v) is 5.48. The topological polar surface area (TPSA) is 63.9 Å². The monoisotopic (exact) mass is 365 g/mol. The summed E-state index contributed by atoms with van der Waals surface area (Å²) in [5.74, 6) is 0.0939. The molecule has 3 aromatic rings. The predicted octanol–water partition coefficient (Wildman–Crippen LogP) is 3.30. The molecule has 26 heavy (non-hydrogen) atoms. The Bertz CT molecular complexity index is 843. The summed E-state index contributed by atoms with van der Waals surface area (Å²) in [6, 6.07) is 13.9. The van der Waals surface area contributed by atoms with Crippen LogP contribution >= 0.6 is 11.8 Å². The highest BCUT2D eigenvalue weighted by Crippen LogP contribution is 2.27. The Hall–Kier alpha value is -2.67. The van der Waals surface area contributed by atoms with Crippen LogP contribution in [0.5, 0.6) is 0 Å². The Morgan fingerprint density at radius 2 is 1.88 bits per heavy atom. The number of aromatic nitrogens is 4. The molecule has 0 atom stereocenters. The summed E-state index contributed by atoms with van der Waals surface area (Å²) < 4.78 is 1.89. The molecule has 1 aromatic carbocycles. The summed E-state index contributed by atoms with van der Waals surface area (Å²) in [4.78, 5) is 24.0. The van der Waals surface area contributed by atoms with E-state index in [4.69, 9.17) is 0 Å². The number of pyridine rings is 1. The van der Waals surface area contributed by atoms with Crippen LogP contribution in [0, 0.1) is 0 Å². The van der Waals surface area contributed by atoms with Crippen molar-refractivity contribution in [1.82, 2.24) is 24.6 Å². The maximum absolute atomic E-state index is 12.7. The number of amides is 1. The zero-order valence-corrected chi connectivity index (χ0v) is 15.0. The van der Waals surface area contributed by atoms with Crippen molar-refractivity contribution in [3.8, 4) is 0 Å². The number of rotatable bonds is 4. The lowest BCUT2D eigenvalue weighted by molar-refractivity contribution is 0.0690. The Morgan fingerprint density at radius 1 is 1.08 bits per heavy atom. The van der Waals surface area contributed by atoms with Gasteiger partial charge in [0.25, 0.3) is 5.91 Å². The molecule has 0 radical (unpaired) electrons. The Kier molecular flexibility index (Phi) is 4.97. The number of nitrogens with zero attached hydrogens (tertiary/aromatic N) is 5. The Balaban J connectivity index is 1.36. The van der Waals surface area contributed by atoms with Crippen molar-refractivity contribution in [2.24, 2.45) is 0 Å². The highest BCUT2D eigenvalue weighted by atomic mass is 32.2. The Morgan fingerprint density at radius 3 is 2.54 bits per heavy atom. The van der Waals surface area contributed by atoms with Crippen LogP contribution in [-0.2, 0) is 0 Å². The Labute approximate surface area is 156 Å². The molecule has 0 N–H and O–H groups in total. The lowest BCUT2D eigenvalue weighted by Crippen LogP contribution is -2.39. The van der Waals surface area contributed by atoms with E-state index in [1.165, 1.54) is 0 Å². The van der Waals surface area contributed by atoms with E-state index in [0.29, 0.717) is 6.04 Å². The van der Waals surface area contributed by atoms with Crippen molar-refractivity contribution in [1.29, 1.82) is 0 Å². The van der Waals surface area contributed by atoms with Crippen molar-refractivity contribution in [2.45, 2.75) is 28.8 Å². The summed E-state index contributed by atoms with van der Waals surface area (Å²) in [5, 5.41) is 5.15. The zero-order valence-electron chi connectivity index (χ0n) is 14.2. The first-order valence-electron chi connectivity index (χ1n) is 8.62. The lowest BCUT2D eigenvalue weighted by atomic mass is 10.0. The van der Waals surface area contributed by atoms with Crippen molar-refractivity contribution in [2.75, 3.05) is 13.1 Å². The summed E-state index contributed by atoms with van der Waals surface area (Å²) in [6.45, 7) is 1.49. The first kappa shape index (κ1) is 16.8. The number of carbonyl (C=O) groups excluding carboxylic acids is 1. The normalized spacial score (nSPS) is 15.2. The summed E-state index contributed by atoms with van der Waals surface area (Å²) in [6.07, 6.45) is 6.90. The molecular weight excluding hydrogens is 346 g/mol. The standard InChI is InChI=1S/C19H19N5OS/c25-19(23-11-8-16(9-12-23)24-14-20-13-22-24)15-4-6-17(7-5-15)26-18-3-1-2-10-21-18/h1-7,10,13-14,16H,8-9,11-12H2. The van der Waals surface area contributed by atoms with E-state index in [2.05, 4.69) is 15.1 Å². The maximum Gasteiger partial charge on any atom is 0.253 e. The zero-order chi connectivity index (χ0) is 17.8. The smallest absolute Gasteiger partial charge is 0.253 e. The third-order valence-electron chi connectivity index (χ3n) is 4.52. The number of likely N-dealkylation sites (tertiary alicyclic amines) is 1. The van der Waals surface area contributed by atoms with E-state index in [0.717, 1.165) is 41.4 Å². The van der Waals surface area contributed by atoms with Crippen LogP contribution in [0.1, 0.15) is 29.2 Å². The molecule has 0 spiro atoms. The van der Waals surface area contributed by atoms with Crippen LogP contribution in [0.2, 0.25) is 0 Å². The van der Waals surface area contributed by atoms with E-state index in [1.54, 1.807) is 30.6 Å². The van der Waals surface area contributed by atoms with Crippen molar-refractivity contribution >= 4 is 17.7 Å². The minimum Gasteiger partial charge on any atom is -0.338 e. The van der Waals surface area contributed by atoms with E-state index in [1.807, 2.05) is 52.0 Å². The summed E-state index contributed by atoms with van der Waals surface area (Å²) in [7, 11) is 0. The predicted molar refractivity (Wildman–Crippen MR) is 99.0 cm³/mol. The molecule has 2 aromatic heterocycles. The van der Waals surface area contributed by atoms with Gasteiger partial charge in [-0.3, -0.25) is 4.79 Å². The van der Waals surface area contributed by atoms with Crippen molar-refractivity contribution < 1.29 is 4.79 Å². The minimum absolute atomic E-state index is 0.0939. The third kappa shape index (κ3) is 3.77. The van der Waals surface area contributed by atoms with Gasteiger partial charge in [0, 0.05) is 29.7 Å². The van der Waals surface area contributed by atoms with Crippen molar-refractivity contribution in [3.63, 3.8) is 0 Å². The van der Waals surface area contributed by atoms with Gasteiger partial charge in [0.15, 0.2) is 0 Å². The van der Waals surface area contributed by atoms with Crippen LogP contribution in [0.3, 0.4) is 0 Å². The molecule has 3 heterocycles. The number of benzene rings is 1. The van der Waals surface area contributed by atoms with Crippen LogP contribution in [0.15, 0.2) is 71.2 Å². The molecule has 1 aliphatic heterocycles. The van der Waals surface area contributed by atoms with E-state index < -0.39 is 0 Å². The fourth-order valence-corrected chi connectivity index (χ4v) is 3.89. The van der Waals surface area contributed by atoms with Gasteiger partial charge in [0.05, 0.1) is 6.04 Å². The molecule has 7 heteroatoms. The van der Waals surface area contributed by atoms with Gasteiger partial charge in [-0.2, -0.15) is 5.10 Å².